The molecule has 0 bridgehead atoms. The number of ether oxygens (including phenoxy) is 1. The number of hydrogen-bond donors (Lipinski definition) is 1. The number of halogens is 1. The molecule has 1 amide bonds. The Morgan fingerprint density at radius 2 is 1.81 bits per heavy atom. The predicted octanol–water partition coefficient (Wildman–Crippen LogP) is 4.08. The molecule has 0 fully saturated rings. The van der Waals surface area contributed by atoms with Gasteiger partial charge in [-0.1, -0.05) is 47.5 Å². The number of amides is 1. The third kappa shape index (κ3) is 5.29. The van der Waals surface area contributed by atoms with E-state index in [0.29, 0.717) is 17.3 Å². The lowest BCUT2D eigenvalue weighted by molar-refractivity contribution is 0.101. The average Bonchev–Trinajstić information content (AvgIpc) is 3.40. The second-order valence-electron chi connectivity index (χ2n) is 7.15. The smallest absolute Gasteiger partial charge is 0.278 e. The van der Waals surface area contributed by atoms with E-state index in [0.717, 1.165) is 11.1 Å². The molecule has 0 radical (unpaired) electrons. The molecule has 8 nitrogen and oxygen atoms in total. The molecule has 4 aromatic rings. The van der Waals surface area contributed by atoms with E-state index in [1.807, 2.05) is 50.2 Å². The van der Waals surface area contributed by atoms with Gasteiger partial charge >= 0.3 is 0 Å². The zero-order valence-electron chi connectivity index (χ0n) is 17.1. The average molecular weight is 437 g/mol. The van der Waals surface area contributed by atoms with Crippen molar-refractivity contribution in [2.75, 3.05) is 5.32 Å². The first-order valence-electron chi connectivity index (χ1n) is 9.65. The van der Waals surface area contributed by atoms with Crippen molar-refractivity contribution in [2.45, 2.75) is 27.1 Å². The van der Waals surface area contributed by atoms with Crippen LogP contribution in [0.3, 0.4) is 0 Å². The maximum Gasteiger partial charge on any atom is 0.278 e. The zero-order chi connectivity index (χ0) is 21.8. The Labute approximate surface area is 184 Å². The normalized spacial score (nSPS) is 10.8. The molecular weight excluding hydrogens is 416 g/mol. The number of carbonyl (C=O) groups excluding carboxylic acids is 1. The van der Waals surface area contributed by atoms with Crippen LogP contribution in [0.1, 0.15) is 27.2 Å². The van der Waals surface area contributed by atoms with Crippen molar-refractivity contribution in [1.82, 2.24) is 24.5 Å². The van der Waals surface area contributed by atoms with E-state index in [1.165, 1.54) is 10.2 Å². The lowest BCUT2D eigenvalue weighted by atomic mass is 10.1. The van der Waals surface area contributed by atoms with Crippen molar-refractivity contribution in [3.8, 4) is 5.75 Å². The van der Waals surface area contributed by atoms with Crippen LogP contribution in [0.5, 0.6) is 5.75 Å². The van der Waals surface area contributed by atoms with Crippen LogP contribution in [0, 0.1) is 13.8 Å². The van der Waals surface area contributed by atoms with Crippen LogP contribution in [0.2, 0.25) is 5.02 Å². The van der Waals surface area contributed by atoms with E-state index in [1.54, 1.807) is 29.3 Å². The molecule has 0 atom stereocenters. The van der Waals surface area contributed by atoms with E-state index < -0.39 is 5.91 Å². The number of nitrogens with zero attached hydrogens (tertiary/aromatic N) is 5. The molecule has 0 aliphatic rings. The molecule has 0 unspecified atom stereocenters. The first kappa shape index (κ1) is 20.6. The standard InChI is InChI=1S/C22H21ClN6O2/c1-15-3-6-17(7-4-15)12-29-13-24-22(27-29)25-21(30)19-9-10-28(26-19)14-31-20-11-16(2)5-8-18(20)23/h3-11,13H,12,14H2,1-2H3,(H,25,27,30). The summed E-state index contributed by atoms with van der Waals surface area (Å²) in [5, 5.41) is 11.7. The molecule has 0 aliphatic heterocycles. The summed E-state index contributed by atoms with van der Waals surface area (Å²) in [6.07, 6.45) is 3.23. The fourth-order valence-electron chi connectivity index (χ4n) is 2.89. The molecule has 4 rings (SSSR count). The Hall–Kier alpha value is -3.65. The third-order valence-electron chi connectivity index (χ3n) is 4.54. The van der Waals surface area contributed by atoms with E-state index >= 15 is 0 Å². The minimum atomic E-state index is -0.402. The van der Waals surface area contributed by atoms with Crippen LogP contribution in [0.4, 0.5) is 5.95 Å². The number of hydrogen-bond acceptors (Lipinski definition) is 5. The molecule has 2 aromatic carbocycles. The van der Waals surface area contributed by atoms with E-state index in [9.17, 15) is 4.79 Å². The number of rotatable bonds is 7. The van der Waals surface area contributed by atoms with Crippen LogP contribution in [-0.4, -0.2) is 30.5 Å². The summed E-state index contributed by atoms with van der Waals surface area (Å²) in [5.41, 5.74) is 3.56. The third-order valence-corrected chi connectivity index (χ3v) is 4.85. The van der Waals surface area contributed by atoms with Gasteiger partial charge in [0.25, 0.3) is 5.91 Å². The van der Waals surface area contributed by atoms with Gasteiger partial charge in [0.05, 0.1) is 11.6 Å². The number of anilines is 1. The van der Waals surface area contributed by atoms with E-state index in [-0.39, 0.29) is 18.4 Å². The van der Waals surface area contributed by atoms with Crippen LogP contribution in [-0.2, 0) is 13.3 Å². The predicted molar refractivity (Wildman–Crippen MR) is 117 cm³/mol. The van der Waals surface area contributed by atoms with Gasteiger partial charge in [0.2, 0.25) is 5.95 Å². The molecule has 0 spiro atoms. The first-order chi connectivity index (χ1) is 15.0. The summed E-state index contributed by atoms with van der Waals surface area (Å²) in [4.78, 5) is 16.6. The Kier molecular flexibility index (Phi) is 5.99. The Morgan fingerprint density at radius 1 is 1.03 bits per heavy atom. The first-order valence-corrected chi connectivity index (χ1v) is 10.0. The van der Waals surface area contributed by atoms with Crippen molar-refractivity contribution in [3.05, 3.63) is 88.5 Å². The quantitative estimate of drug-likeness (QED) is 0.471. The number of nitrogens with one attached hydrogen (secondary N) is 1. The van der Waals surface area contributed by atoms with Gasteiger partial charge in [-0.25, -0.2) is 14.3 Å². The lowest BCUT2D eigenvalue weighted by Crippen LogP contribution is -2.15. The molecule has 0 saturated heterocycles. The molecule has 158 valence electrons. The fraction of sp³-hybridized carbons (Fsp3) is 0.182. The van der Waals surface area contributed by atoms with Crippen molar-refractivity contribution >= 4 is 23.5 Å². The zero-order valence-corrected chi connectivity index (χ0v) is 17.9. The molecule has 1 N–H and O–H groups in total. The van der Waals surface area contributed by atoms with Gasteiger partial charge in [-0.2, -0.15) is 5.10 Å². The molecule has 31 heavy (non-hydrogen) atoms. The summed E-state index contributed by atoms with van der Waals surface area (Å²) < 4.78 is 8.87. The minimum absolute atomic E-state index is 0.125. The van der Waals surface area contributed by atoms with Gasteiger partial charge < -0.3 is 4.74 Å². The van der Waals surface area contributed by atoms with Gasteiger partial charge in [0.1, 0.15) is 12.1 Å². The van der Waals surface area contributed by atoms with Gasteiger partial charge in [-0.3, -0.25) is 10.1 Å². The SMILES string of the molecule is Cc1ccc(Cn2cnc(NC(=O)c3ccn(COc4cc(C)ccc4Cl)n3)n2)cc1. The molecule has 0 saturated carbocycles. The van der Waals surface area contributed by atoms with Crippen LogP contribution in [0.25, 0.3) is 0 Å². The highest BCUT2D eigenvalue weighted by Crippen LogP contribution is 2.25. The second kappa shape index (κ2) is 9.01. The summed E-state index contributed by atoms with van der Waals surface area (Å²) in [6, 6.07) is 15.3. The van der Waals surface area contributed by atoms with Gasteiger partial charge in [-0.15, -0.1) is 5.10 Å². The summed E-state index contributed by atoms with van der Waals surface area (Å²) >= 11 is 6.13. The summed E-state index contributed by atoms with van der Waals surface area (Å²) in [6.45, 7) is 4.68. The molecule has 9 heteroatoms. The second-order valence-corrected chi connectivity index (χ2v) is 7.56. The maximum atomic E-state index is 12.5. The van der Waals surface area contributed by atoms with E-state index in [4.69, 9.17) is 16.3 Å². The largest absolute Gasteiger partial charge is 0.470 e. The highest BCUT2D eigenvalue weighted by molar-refractivity contribution is 6.32. The highest BCUT2D eigenvalue weighted by Gasteiger charge is 2.13. The van der Waals surface area contributed by atoms with Gasteiger partial charge in [0, 0.05) is 6.20 Å². The fourth-order valence-corrected chi connectivity index (χ4v) is 3.06. The summed E-state index contributed by atoms with van der Waals surface area (Å²) in [7, 11) is 0. The van der Waals surface area contributed by atoms with Crippen LogP contribution < -0.4 is 10.1 Å². The van der Waals surface area contributed by atoms with Crippen LogP contribution >= 0.6 is 11.6 Å². The molecule has 0 aliphatic carbocycles. The van der Waals surface area contributed by atoms with Crippen molar-refractivity contribution in [3.63, 3.8) is 0 Å². The number of carbonyl (C=O) groups is 1. The monoisotopic (exact) mass is 436 g/mol. The number of aryl methyl sites for hydroxylation is 2. The van der Waals surface area contributed by atoms with Crippen LogP contribution in [0.15, 0.2) is 61.1 Å². The van der Waals surface area contributed by atoms with Crippen molar-refractivity contribution in [2.24, 2.45) is 0 Å². The molecule has 2 heterocycles. The highest BCUT2D eigenvalue weighted by atomic mass is 35.5. The summed E-state index contributed by atoms with van der Waals surface area (Å²) in [5.74, 6) is 0.376. The number of aromatic nitrogens is 5. The molecule has 2 aromatic heterocycles. The van der Waals surface area contributed by atoms with E-state index in [2.05, 4.69) is 20.5 Å². The maximum absolute atomic E-state index is 12.5. The number of benzene rings is 2. The Morgan fingerprint density at radius 3 is 2.61 bits per heavy atom. The Balaban J connectivity index is 1.34. The minimum Gasteiger partial charge on any atom is -0.470 e. The van der Waals surface area contributed by atoms with Crippen molar-refractivity contribution < 1.29 is 9.53 Å². The lowest BCUT2D eigenvalue weighted by Gasteiger charge is -2.08. The topological polar surface area (TPSA) is 86.9 Å². The Bertz CT molecular complexity index is 1200. The van der Waals surface area contributed by atoms with Gasteiger partial charge in [-0.05, 0) is 43.2 Å². The van der Waals surface area contributed by atoms with Crippen molar-refractivity contribution in [1.29, 1.82) is 0 Å². The van der Waals surface area contributed by atoms with Gasteiger partial charge in [0.15, 0.2) is 12.4 Å². The molecular formula is C22H21ClN6O2.